The lowest BCUT2D eigenvalue weighted by atomic mass is 9.98. The first kappa shape index (κ1) is 13.3. The molecule has 1 aliphatic rings. The van der Waals surface area contributed by atoms with Gasteiger partial charge < -0.3 is 10.1 Å². The summed E-state index contributed by atoms with van der Waals surface area (Å²) in [5.41, 5.74) is 2.11. The molecular formula is C13H20N2O2S. The smallest absolute Gasteiger partial charge is 0.360 e. The first-order valence-corrected chi connectivity index (χ1v) is 7.44. The van der Waals surface area contributed by atoms with Gasteiger partial charge in [-0.15, -0.1) is 11.3 Å². The van der Waals surface area contributed by atoms with E-state index in [-0.39, 0.29) is 5.97 Å². The summed E-state index contributed by atoms with van der Waals surface area (Å²) >= 11 is 1.47. The van der Waals surface area contributed by atoms with E-state index >= 15 is 0 Å². The maximum absolute atomic E-state index is 11.7. The molecule has 0 aliphatic heterocycles. The van der Waals surface area contributed by atoms with Gasteiger partial charge in [-0.05, 0) is 25.2 Å². The van der Waals surface area contributed by atoms with Crippen LogP contribution in [0.15, 0.2) is 5.51 Å². The SMILES string of the molecule is CCOC(=O)c1ncsc1NCC1CCCC1C. The van der Waals surface area contributed by atoms with Crippen LogP contribution in [-0.2, 0) is 4.74 Å². The van der Waals surface area contributed by atoms with Crippen LogP contribution in [0.4, 0.5) is 5.00 Å². The van der Waals surface area contributed by atoms with Gasteiger partial charge in [-0.2, -0.15) is 0 Å². The zero-order chi connectivity index (χ0) is 13.0. The molecule has 0 radical (unpaired) electrons. The Kier molecular flexibility index (Phi) is 4.58. The molecule has 5 heteroatoms. The van der Waals surface area contributed by atoms with E-state index in [2.05, 4.69) is 17.2 Å². The fourth-order valence-corrected chi connectivity index (χ4v) is 3.14. The van der Waals surface area contributed by atoms with E-state index < -0.39 is 0 Å². The molecule has 1 aromatic heterocycles. The Morgan fingerprint density at radius 2 is 2.44 bits per heavy atom. The van der Waals surface area contributed by atoms with Gasteiger partial charge in [0.2, 0.25) is 0 Å². The third-order valence-corrected chi connectivity index (χ3v) is 4.38. The number of carbonyl (C=O) groups excluding carboxylic acids is 1. The second kappa shape index (κ2) is 6.18. The molecular weight excluding hydrogens is 248 g/mol. The summed E-state index contributed by atoms with van der Waals surface area (Å²) in [4.78, 5) is 15.7. The van der Waals surface area contributed by atoms with Gasteiger partial charge in [0.05, 0.1) is 12.1 Å². The second-order valence-corrected chi connectivity index (χ2v) is 5.65. The van der Waals surface area contributed by atoms with E-state index in [1.54, 1.807) is 12.4 Å². The molecule has 2 unspecified atom stereocenters. The maximum Gasteiger partial charge on any atom is 0.360 e. The molecule has 0 saturated heterocycles. The van der Waals surface area contributed by atoms with Crippen molar-refractivity contribution in [3.05, 3.63) is 11.2 Å². The third-order valence-electron chi connectivity index (χ3n) is 3.60. The lowest BCUT2D eigenvalue weighted by molar-refractivity contribution is 0.0521. The number of anilines is 1. The van der Waals surface area contributed by atoms with Crippen LogP contribution in [0.25, 0.3) is 0 Å². The van der Waals surface area contributed by atoms with Gasteiger partial charge in [-0.3, -0.25) is 0 Å². The van der Waals surface area contributed by atoms with Crippen molar-refractivity contribution in [3.63, 3.8) is 0 Å². The summed E-state index contributed by atoms with van der Waals surface area (Å²) in [5, 5.41) is 4.20. The molecule has 1 fully saturated rings. The Labute approximate surface area is 112 Å². The van der Waals surface area contributed by atoms with Crippen molar-refractivity contribution in [1.29, 1.82) is 0 Å². The number of hydrogen-bond acceptors (Lipinski definition) is 5. The Balaban J connectivity index is 1.93. The molecule has 0 amide bonds. The molecule has 1 aliphatic carbocycles. The minimum atomic E-state index is -0.333. The highest BCUT2D eigenvalue weighted by atomic mass is 32.1. The quantitative estimate of drug-likeness (QED) is 0.833. The summed E-state index contributed by atoms with van der Waals surface area (Å²) in [6.07, 6.45) is 3.92. The maximum atomic E-state index is 11.7. The Morgan fingerprint density at radius 1 is 1.61 bits per heavy atom. The molecule has 1 aromatic rings. The average Bonchev–Trinajstić information content (AvgIpc) is 2.95. The molecule has 2 rings (SSSR count). The molecule has 1 N–H and O–H groups in total. The number of rotatable bonds is 5. The van der Waals surface area contributed by atoms with Gasteiger partial charge in [0.25, 0.3) is 0 Å². The fraction of sp³-hybridized carbons (Fsp3) is 0.692. The van der Waals surface area contributed by atoms with E-state index in [0.717, 1.165) is 17.5 Å². The Hall–Kier alpha value is -1.10. The summed E-state index contributed by atoms with van der Waals surface area (Å²) in [6.45, 7) is 5.42. The van der Waals surface area contributed by atoms with Crippen LogP contribution < -0.4 is 5.32 Å². The summed E-state index contributed by atoms with van der Waals surface area (Å²) in [6, 6.07) is 0. The summed E-state index contributed by atoms with van der Waals surface area (Å²) < 4.78 is 4.99. The molecule has 2 atom stereocenters. The third kappa shape index (κ3) is 3.02. The minimum Gasteiger partial charge on any atom is -0.461 e. The zero-order valence-electron chi connectivity index (χ0n) is 10.9. The molecule has 1 saturated carbocycles. The molecule has 1 heterocycles. The van der Waals surface area contributed by atoms with Gasteiger partial charge in [-0.1, -0.05) is 19.8 Å². The predicted octanol–water partition coefficient (Wildman–Crippen LogP) is 3.17. The largest absolute Gasteiger partial charge is 0.461 e. The van der Waals surface area contributed by atoms with Crippen molar-refractivity contribution in [1.82, 2.24) is 4.98 Å². The second-order valence-electron chi connectivity index (χ2n) is 4.80. The van der Waals surface area contributed by atoms with Crippen LogP contribution in [0, 0.1) is 11.8 Å². The number of esters is 1. The number of ether oxygens (including phenoxy) is 1. The number of hydrogen-bond donors (Lipinski definition) is 1. The topological polar surface area (TPSA) is 51.2 Å². The fourth-order valence-electron chi connectivity index (χ4n) is 2.47. The van der Waals surface area contributed by atoms with E-state index in [1.165, 1.54) is 30.6 Å². The van der Waals surface area contributed by atoms with Crippen molar-refractivity contribution in [2.24, 2.45) is 11.8 Å². The number of aromatic nitrogens is 1. The van der Waals surface area contributed by atoms with Crippen LogP contribution in [0.5, 0.6) is 0 Å². The molecule has 100 valence electrons. The van der Waals surface area contributed by atoms with Crippen LogP contribution >= 0.6 is 11.3 Å². The lowest BCUT2D eigenvalue weighted by Gasteiger charge is -2.16. The van der Waals surface area contributed by atoms with E-state index in [0.29, 0.717) is 18.2 Å². The van der Waals surface area contributed by atoms with Crippen LogP contribution in [0.2, 0.25) is 0 Å². The van der Waals surface area contributed by atoms with Crippen molar-refractivity contribution in [2.75, 3.05) is 18.5 Å². The molecule has 0 spiro atoms. The van der Waals surface area contributed by atoms with E-state index in [1.807, 2.05) is 0 Å². The first-order valence-electron chi connectivity index (χ1n) is 6.56. The molecule has 4 nitrogen and oxygen atoms in total. The Morgan fingerprint density at radius 3 is 3.11 bits per heavy atom. The molecule has 18 heavy (non-hydrogen) atoms. The normalized spacial score (nSPS) is 23.0. The van der Waals surface area contributed by atoms with Crippen LogP contribution in [0.1, 0.15) is 43.6 Å². The van der Waals surface area contributed by atoms with Gasteiger partial charge in [0, 0.05) is 6.54 Å². The minimum absolute atomic E-state index is 0.333. The van der Waals surface area contributed by atoms with Gasteiger partial charge in [0.15, 0.2) is 5.69 Å². The van der Waals surface area contributed by atoms with E-state index in [9.17, 15) is 4.79 Å². The van der Waals surface area contributed by atoms with E-state index in [4.69, 9.17) is 4.74 Å². The van der Waals surface area contributed by atoms with Crippen molar-refractivity contribution >= 4 is 22.3 Å². The average molecular weight is 268 g/mol. The predicted molar refractivity (Wildman–Crippen MR) is 73.1 cm³/mol. The summed E-state index contributed by atoms with van der Waals surface area (Å²) in [7, 11) is 0. The standard InChI is InChI=1S/C13H20N2O2S/c1-3-17-13(16)11-12(18-8-15-11)14-7-10-6-4-5-9(10)2/h8-10,14H,3-7H2,1-2H3. The Bertz CT molecular complexity index is 405. The number of nitrogens with one attached hydrogen (secondary N) is 1. The van der Waals surface area contributed by atoms with Gasteiger partial charge in [0.1, 0.15) is 5.00 Å². The highest BCUT2D eigenvalue weighted by Gasteiger charge is 2.24. The highest BCUT2D eigenvalue weighted by Crippen LogP contribution is 2.32. The first-order chi connectivity index (χ1) is 8.72. The van der Waals surface area contributed by atoms with Crippen molar-refractivity contribution in [2.45, 2.75) is 33.1 Å². The number of thiazole rings is 1. The van der Waals surface area contributed by atoms with Crippen LogP contribution in [-0.4, -0.2) is 24.1 Å². The van der Waals surface area contributed by atoms with Gasteiger partial charge in [-0.25, -0.2) is 9.78 Å². The van der Waals surface area contributed by atoms with Crippen LogP contribution in [0.3, 0.4) is 0 Å². The number of carbonyl (C=O) groups is 1. The summed E-state index contributed by atoms with van der Waals surface area (Å²) in [5.74, 6) is 1.15. The lowest BCUT2D eigenvalue weighted by Crippen LogP contribution is -2.17. The monoisotopic (exact) mass is 268 g/mol. The van der Waals surface area contributed by atoms with Gasteiger partial charge >= 0.3 is 5.97 Å². The highest BCUT2D eigenvalue weighted by molar-refractivity contribution is 7.14. The van der Waals surface area contributed by atoms with Crippen molar-refractivity contribution < 1.29 is 9.53 Å². The molecule has 0 bridgehead atoms. The van der Waals surface area contributed by atoms with Crippen molar-refractivity contribution in [3.8, 4) is 0 Å². The molecule has 0 aromatic carbocycles. The zero-order valence-corrected chi connectivity index (χ0v) is 11.8. The number of nitrogens with zero attached hydrogens (tertiary/aromatic N) is 1.